The molecule has 1 amide bonds. The van der Waals surface area contributed by atoms with Crippen LogP contribution in [0, 0.1) is 6.92 Å². The van der Waals surface area contributed by atoms with Crippen LogP contribution in [0.5, 0.6) is 0 Å². The Kier molecular flexibility index (Phi) is 3.64. The summed E-state index contributed by atoms with van der Waals surface area (Å²) in [6.07, 6.45) is 0. The Morgan fingerprint density at radius 3 is 2.62 bits per heavy atom. The van der Waals surface area contributed by atoms with Crippen LogP contribution >= 0.6 is 0 Å². The summed E-state index contributed by atoms with van der Waals surface area (Å²) >= 11 is 0. The van der Waals surface area contributed by atoms with Gasteiger partial charge in [0.05, 0.1) is 6.54 Å². The van der Waals surface area contributed by atoms with Crippen LogP contribution in [0.3, 0.4) is 0 Å². The van der Waals surface area contributed by atoms with Crippen molar-refractivity contribution < 1.29 is 9.53 Å². The molecule has 0 aliphatic carbocycles. The number of H-pyrrole nitrogens is 1. The van der Waals surface area contributed by atoms with Crippen LogP contribution in [0.1, 0.15) is 25.5 Å². The van der Waals surface area contributed by atoms with E-state index in [4.69, 9.17) is 4.74 Å². The Bertz CT molecular complexity index is 373. The Labute approximate surface area is 95.0 Å². The summed E-state index contributed by atoms with van der Waals surface area (Å²) in [6, 6.07) is 0. The number of carbonyl (C=O) groups excluding carboxylic acids is 1. The number of aromatic amines is 1. The van der Waals surface area contributed by atoms with Crippen molar-refractivity contribution in [2.45, 2.75) is 32.9 Å². The van der Waals surface area contributed by atoms with Crippen molar-refractivity contribution in [3.05, 3.63) is 11.6 Å². The van der Waals surface area contributed by atoms with Gasteiger partial charge in [0.15, 0.2) is 5.82 Å². The molecule has 1 rings (SSSR count). The number of ether oxygens (including phenoxy) is 1. The van der Waals surface area contributed by atoms with Gasteiger partial charge in [-0.3, -0.25) is 9.89 Å². The number of nitrogens with one attached hydrogen (secondary N) is 1. The number of carbonyl (C=O) groups is 1. The van der Waals surface area contributed by atoms with E-state index in [2.05, 4.69) is 15.2 Å². The van der Waals surface area contributed by atoms with Gasteiger partial charge in [-0.25, -0.2) is 4.98 Å². The average molecular weight is 226 g/mol. The third-order valence-corrected chi connectivity index (χ3v) is 2.39. The maximum Gasteiger partial charge on any atom is 0.254 e. The zero-order chi connectivity index (χ0) is 12.3. The van der Waals surface area contributed by atoms with Gasteiger partial charge < -0.3 is 9.64 Å². The molecule has 0 aromatic carbocycles. The molecule has 0 saturated heterocycles. The van der Waals surface area contributed by atoms with Crippen LogP contribution in [0.2, 0.25) is 0 Å². The normalized spacial score (nSPS) is 11.6. The molecule has 16 heavy (non-hydrogen) atoms. The van der Waals surface area contributed by atoms with E-state index in [-0.39, 0.29) is 5.91 Å². The first kappa shape index (κ1) is 12.6. The van der Waals surface area contributed by atoms with E-state index >= 15 is 0 Å². The number of aryl methyl sites for hydroxylation is 1. The zero-order valence-corrected chi connectivity index (χ0v) is 10.4. The molecule has 6 heteroatoms. The lowest BCUT2D eigenvalue weighted by Crippen LogP contribution is -2.44. The van der Waals surface area contributed by atoms with Gasteiger partial charge in [-0.2, -0.15) is 5.10 Å². The van der Waals surface area contributed by atoms with Crippen molar-refractivity contribution in [2.75, 3.05) is 14.2 Å². The van der Waals surface area contributed by atoms with Crippen LogP contribution in [-0.4, -0.2) is 45.7 Å². The molecule has 0 spiro atoms. The van der Waals surface area contributed by atoms with Crippen molar-refractivity contribution in [1.29, 1.82) is 0 Å². The van der Waals surface area contributed by atoms with Crippen LogP contribution in [0.15, 0.2) is 0 Å². The van der Waals surface area contributed by atoms with E-state index < -0.39 is 5.60 Å². The lowest BCUT2D eigenvalue weighted by molar-refractivity contribution is -0.150. The lowest BCUT2D eigenvalue weighted by Gasteiger charge is -2.27. The third-order valence-electron chi connectivity index (χ3n) is 2.39. The molecule has 0 radical (unpaired) electrons. The fraction of sp³-hybridized carbons (Fsp3) is 0.700. The van der Waals surface area contributed by atoms with Gasteiger partial charge in [0.2, 0.25) is 0 Å². The number of amides is 1. The topological polar surface area (TPSA) is 71.1 Å². The van der Waals surface area contributed by atoms with Gasteiger partial charge in [-0.1, -0.05) is 0 Å². The molecule has 1 heterocycles. The Balaban J connectivity index is 2.65. The number of likely N-dealkylation sites (N-methyl/N-ethyl adjacent to an activating group) is 1. The second kappa shape index (κ2) is 4.61. The maximum atomic E-state index is 11.9. The van der Waals surface area contributed by atoms with Crippen LogP contribution in [0.25, 0.3) is 0 Å². The summed E-state index contributed by atoms with van der Waals surface area (Å²) in [5, 5.41) is 6.71. The summed E-state index contributed by atoms with van der Waals surface area (Å²) < 4.78 is 5.12. The average Bonchev–Trinajstić information content (AvgIpc) is 2.62. The summed E-state index contributed by atoms with van der Waals surface area (Å²) in [4.78, 5) is 17.6. The highest BCUT2D eigenvalue weighted by molar-refractivity contribution is 5.84. The standard InChI is InChI=1S/C10H18N4O2/c1-7-11-8(13-12-7)6-14(4)9(15)10(2,3)16-5/h6H2,1-5H3,(H,11,12,13). The first-order valence-corrected chi connectivity index (χ1v) is 5.05. The van der Waals surface area contributed by atoms with Crippen molar-refractivity contribution in [3.63, 3.8) is 0 Å². The number of hydrogen-bond acceptors (Lipinski definition) is 4. The van der Waals surface area contributed by atoms with Gasteiger partial charge in [-0.05, 0) is 20.8 Å². The van der Waals surface area contributed by atoms with Gasteiger partial charge in [0, 0.05) is 14.2 Å². The van der Waals surface area contributed by atoms with Crippen molar-refractivity contribution in [3.8, 4) is 0 Å². The molecular formula is C10H18N4O2. The van der Waals surface area contributed by atoms with E-state index in [0.717, 1.165) is 5.82 Å². The summed E-state index contributed by atoms with van der Waals surface area (Å²) in [7, 11) is 3.22. The molecule has 0 saturated carbocycles. The SMILES string of the molecule is COC(C)(C)C(=O)N(C)Cc1n[nH]c(C)n1. The monoisotopic (exact) mass is 226 g/mol. The molecule has 1 aromatic heterocycles. The minimum absolute atomic E-state index is 0.0996. The predicted molar refractivity (Wildman–Crippen MR) is 58.7 cm³/mol. The number of hydrogen-bond donors (Lipinski definition) is 1. The summed E-state index contributed by atoms with van der Waals surface area (Å²) in [5.41, 5.74) is -0.819. The third kappa shape index (κ3) is 2.79. The van der Waals surface area contributed by atoms with Crippen molar-refractivity contribution in [1.82, 2.24) is 20.1 Å². The van der Waals surface area contributed by atoms with Crippen molar-refractivity contribution in [2.24, 2.45) is 0 Å². The first-order valence-electron chi connectivity index (χ1n) is 5.05. The van der Waals surface area contributed by atoms with Crippen molar-refractivity contribution >= 4 is 5.91 Å². The highest BCUT2D eigenvalue weighted by atomic mass is 16.5. The fourth-order valence-electron chi connectivity index (χ4n) is 1.29. The van der Waals surface area contributed by atoms with E-state index in [1.807, 2.05) is 6.92 Å². The predicted octanol–water partition coefficient (Wildman–Crippen LogP) is 0.497. The molecule has 0 aliphatic heterocycles. The van der Waals surface area contributed by atoms with E-state index in [1.165, 1.54) is 7.11 Å². The smallest absolute Gasteiger partial charge is 0.254 e. The second-order valence-corrected chi connectivity index (χ2v) is 4.21. The molecule has 1 N–H and O–H groups in total. The molecule has 0 atom stereocenters. The Hall–Kier alpha value is -1.43. The molecule has 0 fully saturated rings. The summed E-state index contributed by atoms with van der Waals surface area (Å²) in [5.74, 6) is 1.24. The molecule has 0 bridgehead atoms. The maximum absolute atomic E-state index is 11.9. The molecule has 0 unspecified atom stereocenters. The molecule has 90 valence electrons. The molecule has 0 aliphatic rings. The molecule has 1 aromatic rings. The fourth-order valence-corrected chi connectivity index (χ4v) is 1.29. The number of methoxy groups -OCH3 is 1. The van der Waals surface area contributed by atoms with E-state index in [1.54, 1.807) is 25.8 Å². The quantitative estimate of drug-likeness (QED) is 0.811. The van der Waals surface area contributed by atoms with Gasteiger partial charge in [0.25, 0.3) is 5.91 Å². The number of aromatic nitrogens is 3. The minimum Gasteiger partial charge on any atom is -0.369 e. The highest BCUT2D eigenvalue weighted by Gasteiger charge is 2.30. The summed E-state index contributed by atoms with van der Waals surface area (Å²) in [6.45, 7) is 5.65. The largest absolute Gasteiger partial charge is 0.369 e. The molecule has 6 nitrogen and oxygen atoms in total. The van der Waals surface area contributed by atoms with E-state index in [0.29, 0.717) is 12.4 Å². The lowest BCUT2D eigenvalue weighted by atomic mass is 10.1. The van der Waals surface area contributed by atoms with Crippen LogP contribution < -0.4 is 0 Å². The van der Waals surface area contributed by atoms with Crippen LogP contribution in [-0.2, 0) is 16.1 Å². The Morgan fingerprint density at radius 1 is 1.56 bits per heavy atom. The van der Waals surface area contributed by atoms with Crippen LogP contribution in [0.4, 0.5) is 0 Å². The zero-order valence-electron chi connectivity index (χ0n) is 10.4. The number of rotatable bonds is 4. The molecular weight excluding hydrogens is 208 g/mol. The minimum atomic E-state index is -0.819. The van der Waals surface area contributed by atoms with E-state index in [9.17, 15) is 4.79 Å². The first-order chi connectivity index (χ1) is 7.36. The van der Waals surface area contributed by atoms with Gasteiger partial charge >= 0.3 is 0 Å². The van der Waals surface area contributed by atoms with Gasteiger partial charge in [0.1, 0.15) is 11.4 Å². The highest BCUT2D eigenvalue weighted by Crippen LogP contribution is 2.12. The number of nitrogens with zero attached hydrogens (tertiary/aromatic N) is 3. The Morgan fingerprint density at radius 2 is 2.19 bits per heavy atom. The second-order valence-electron chi connectivity index (χ2n) is 4.21. The van der Waals surface area contributed by atoms with Gasteiger partial charge in [-0.15, -0.1) is 0 Å².